The maximum absolute atomic E-state index is 12.0. The van der Waals surface area contributed by atoms with E-state index in [1.807, 2.05) is 26.0 Å². The Morgan fingerprint density at radius 2 is 2.00 bits per heavy atom. The van der Waals surface area contributed by atoms with Crippen molar-refractivity contribution in [1.29, 1.82) is 0 Å². The summed E-state index contributed by atoms with van der Waals surface area (Å²) in [6, 6.07) is 8.20. The van der Waals surface area contributed by atoms with Crippen molar-refractivity contribution in [3.63, 3.8) is 0 Å². The van der Waals surface area contributed by atoms with Gasteiger partial charge in [-0.15, -0.1) is 0 Å². The van der Waals surface area contributed by atoms with E-state index in [0.29, 0.717) is 19.4 Å². The van der Waals surface area contributed by atoms with Gasteiger partial charge in [0.25, 0.3) is 0 Å². The van der Waals surface area contributed by atoms with Crippen LogP contribution >= 0.6 is 0 Å². The predicted molar refractivity (Wildman–Crippen MR) is 82.7 cm³/mol. The molecule has 0 saturated carbocycles. The minimum absolute atomic E-state index is 0.0592. The van der Waals surface area contributed by atoms with Gasteiger partial charge >= 0.3 is 0 Å². The fourth-order valence-corrected chi connectivity index (χ4v) is 2.33. The Hall–Kier alpha value is -1.35. The van der Waals surface area contributed by atoms with Crippen LogP contribution in [0.4, 0.5) is 0 Å². The number of hydrogen-bond donors (Lipinski definition) is 2. The predicted octanol–water partition coefficient (Wildman–Crippen LogP) is 3.01. The fourth-order valence-electron chi connectivity index (χ4n) is 2.33. The van der Waals surface area contributed by atoms with Gasteiger partial charge in [-0.1, -0.05) is 45.0 Å². The number of benzene rings is 1. The normalized spacial score (nSPS) is 13.1. The smallest absolute Gasteiger partial charge is 0.220 e. The van der Waals surface area contributed by atoms with Gasteiger partial charge in [-0.2, -0.15) is 0 Å². The number of aryl methyl sites for hydroxylation is 1. The molecule has 3 heteroatoms. The van der Waals surface area contributed by atoms with Crippen LogP contribution in [0.5, 0.6) is 0 Å². The summed E-state index contributed by atoms with van der Waals surface area (Å²) in [5, 5.41) is 12.0. The van der Waals surface area contributed by atoms with E-state index in [9.17, 15) is 4.79 Å². The summed E-state index contributed by atoms with van der Waals surface area (Å²) < 4.78 is 0. The van der Waals surface area contributed by atoms with E-state index in [1.54, 1.807) is 0 Å². The molecule has 0 radical (unpaired) electrons. The number of carbonyl (C=O) groups excluding carboxylic acids is 1. The first-order chi connectivity index (χ1) is 9.35. The summed E-state index contributed by atoms with van der Waals surface area (Å²) in [5.41, 5.74) is 2.40. The molecule has 112 valence electrons. The van der Waals surface area contributed by atoms with Crippen LogP contribution in [-0.4, -0.2) is 24.2 Å². The largest absolute Gasteiger partial charge is 0.396 e. The highest BCUT2D eigenvalue weighted by molar-refractivity contribution is 5.76. The molecule has 0 bridgehead atoms. The molecule has 0 aromatic heterocycles. The molecular formula is C17H27NO2. The van der Waals surface area contributed by atoms with Crippen molar-refractivity contribution in [3.05, 3.63) is 35.4 Å². The molecule has 1 amide bonds. The molecule has 20 heavy (non-hydrogen) atoms. The van der Waals surface area contributed by atoms with Crippen LogP contribution in [0, 0.1) is 12.3 Å². The second-order valence-corrected chi connectivity index (χ2v) is 6.38. The summed E-state index contributed by atoms with van der Waals surface area (Å²) in [6.45, 7) is 9.02. The van der Waals surface area contributed by atoms with Crippen molar-refractivity contribution in [3.8, 4) is 0 Å². The van der Waals surface area contributed by atoms with E-state index in [4.69, 9.17) is 5.11 Å². The van der Waals surface area contributed by atoms with Crippen LogP contribution in [-0.2, 0) is 4.79 Å². The van der Waals surface area contributed by atoms with Crippen molar-refractivity contribution >= 4 is 5.91 Å². The van der Waals surface area contributed by atoms with Crippen LogP contribution in [0.1, 0.15) is 50.7 Å². The second kappa shape index (κ2) is 7.44. The number of nitrogens with one attached hydrogen (secondary N) is 1. The third kappa shape index (κ3) is 5.33. The van der Waals surface area contributed by atoms with Crippen LogP contribution < -0.4 is 5.32 Å². The minimum atomic E-state index is -0.0592. The van der Waals surface area contributed by atoms with Crippen LogP contribution in [0.25, 0.3) is 0 Å². The van der Waals surface area contributed by atoms with E-state index in [-0.39, 0.29) is 23.8 Å². The lowest BCUT2D eigenvalue weighted by atomic mass is 9.89. The highest BCUT2D eigenvalue weighted by Crippen LogP contribution is 2.23. The van der Waals surface area contributed by atoms with E-state index in [2.05, 4.69) is 31.3 Å². The lowest BCUT2D eigenvalue weighted by Crippen LogP contribution is -2.35. The highest BCUT2D eigenvalue weighted by Gasteiger charge is 2.19. The molecule has 1 atom stereocenters. The molecule has 0 aliphatic rings. The number of aliphatic hydroxyl groups excluding tert-OH is 1. The zero-order chi connectivity index (χ0) is 15.2. The van der Waals surface area contributed by atoms with Gasteiger partial charge in [-0.05, 0) is 35.8 Å². The second-order valence-electron chi connectivity index (χ2n) is 6.38. The number of rotatable bonds is 7. The molecule has 0 aliphatic heterocycles. The van der Waals surface area contributed by atoms with Crippen molar-refractivity contribution in [2.45, 2.75) is 46.5 Å². The zero-order valence-corrected chi connectivity index (χ0v) is 13.1. The summed E-state index contributed by atoms with van der Waals surface area (Å²) in [4.78, 5) is 12.0. The molecule has 0 spiro atoms. The summed E-state index contributed by atoms with van der Waals surface area (Å²) in [5.74, 6) is 0.295. The fraction of sp³-hybridized carbons (Fsp3) is 0.588. The number of aliphatic hydroxyl groups is 1. The SMILES string of the molecule is Cc1ccccc1C(C)CC(=O)NCC(C)(C)CCO. The number of carbonyl (C=O) groups is 1. The quantitative estimate of drug-likeness (QED) is 0.805. The topological polar surface area (TPSA) is 49.3 Å². The molecule has 1 aromatic rings. The van der Waals surface area contributed by atoms with Gasteiger partial charge in [0.15, 0.2) is 0 Å². The molecule has 0 saturated heterocycles. The first kappa shape index (κ1) is 16.7. The number of amides is 1. The molecule has 3 nitrogen and oxygen atoms in total. The van der Waals surface area contributed by atoms with Gasteiger partial charge in [0.1, 0.15) is 0 Å². The highest BCUT2D eigenvalue weighted by atomic mass is 16.3. The first-order valence-corrected chi connectivity index (χ1v) is 7.29. The zero-order valence-electron chi connectivity index (χ0n) is 13.1. The Kier molecular flexibility index (Phi) is 6.21. The Bertz CT molecular complexity index is 440. The van der Waals surface area contributed by atoms with Gasteiger partial charge in [0, 0.05) is 19.6 Å². The van der Waals surface area contributed by atoms with Gasteiger partial charge in [-0.3, -0.25) is 4.79 Å². The van der Waals surface area contributed by atoms with Gasteiger partial charge in [0.05, 0.1) is 0 Å². The van der Waals surface area contributed by atoms with Crippen LogP contribution in [0.3, 0.4) is 0 Å². The van der Waals surface area contributed by atoms with E-state index in [0.717, 1.165) is 0 Å². The van der Waals surface area contributed by atoms with E-state index in [1.165, 1.54) is 11.1 Å². The van der Waals surface area contributed by atoms with Crippen LogP contribution in [0.2, 0.25) is 0 Å². The molecule has 2 N–H and O–H groups in total. The molecule has 1 aromatic carbocycles. The molecular weight excluding hydrogens is 250 g/mol. The maximum Gasteiger partial charge on any atom is 0.220 e. The average molecular weight is 277 g/mol. The van der Waals surface area contributed by atoms with E-state index >= 15 is 0 Å². The molecule has 1 unspecified atom stereocenters. The number of hydrogen-bond acceptors (Lipinski definition) is 2. The Labute approximate surface area is 122 Å². The summed E-state index contributed by atoms with van der Waals surface area (Å²) in [7, 11) is 0. The Morgan fingerprint density at radius 1 is 1.35 bits per heavy atom. The third-order valence-corrected chi connectivity index (χ3v) is 3.76. The van der Waals surface area contributed by atoms with Crippen molar-refractivity contribution in [2.24, 2.45) is 5.41 Å². The van der Waals surface area contributed by atoms with Gasteiger partial charge < -0.3 is 10.4 Å². The van der Waals surface area contributed by atoms with Crippen molar-refractivity contribution in [1.82, 2.24) is 5.32 Å². The van der Waals surface area contributed by atoms with Gasteiger partial charge in [-0.25, -0.2) is 0 Å². The van der Waals surface area contributed by atoms with E-state index < -0.39 is 0 Å². The Balaban J connectivity index is 2.49. The van der Waals surface area contributed by atoms with Crippen molar-refractivity contribution in [2.75, 3.05) is 13.2 Å². The molecule has 1 rings (SSSR count). The maximum atomic E-state index is 12.0. The summed E-state index contributed by atoms with van der Waals surface area (Å²) >= 11 is 0. The summed E-state index contributed by atoms with van der Waals surface area (Å²) in [6.07, 6.45) is 1.20. The average Bonchev–Trinajstić information content (AvgIpc) is 2.37. The third-order valence-electron chi connectivity index (χ3n) is 3.76. The molecule has 0 aliphatic carbocycles. The molecule has 0 fully saturated rings. The lowest BCUT2D eigenvalue weighted by Gasteiger charge is -2.24. The lowest BCUT2D eigenvalue weighted by molar-refractivity contribution is -0.121. The van der Waals surface area contributed by atoms with Gasteiger partial charge in [0.2, 0.25) is 5.91 Å². The minimum Gasteiger partial charge on any atom is -0.396 e. The monoisotopic (exact) mass is 277 g/mol. The standard InChI is InChI=1S/C17H27NO2/c1-13-7-5-6-8-15(13)14(2)11-16(20)18-12-17(3,4)9-10-19/h5-8,14,19H,9-12H2,1-4H3,(H,18,20). The van der Waals surface area contributed by atoms with Crippen molar-refractivity contribution < 1.29 is 9.90 Å². The Morgan fingerprint density at radius 3 is 2.60 bits per heavy atom. The molecule has 0 heterocycles. The van der Waals surface area contributed by atoms with Crippen LogP contribution in [0.15, 0.2) is 24.3 Å². The first-order valence-electron chi connectivity index (χ1n) is 7.29.